The SMILES string of the molecule is CC1=C[C@@H]2[C@H](C(O)C[C@@]3(C)[C@H]2CC[C@]3(O)C(=O)CO)[C@@]2(C)C=CC(=O)C=C12. The van der Waals surface area contributed by atoms with E-state index in [1.807, 2.05) is 19.9 Å². The van der Waals surface area contributed by atoms with Crippen molar-refractivity contribution in [1.29, 1.82) is 0 Å². The van der Waals surface area contributed by atoms with Crippen LogP contribution in [0.2, 0.25) is 0 Å². The van der Waals surface area contributed by atoms with Gasteiger partial charge >= 0.3 is 0 Å². The first kappa shape index (κ1) is 18.8. The molecule has 0 spiro atoms. The van der Waals surface area contributed by atoms with Gasteiger partial charge < -0.3 is 15.3 Å². The molecule has 5 heteroatoms. The first-order chi connectivity index (χ1) is 12.6. The molecule has 0 aromatic heterocycles. The fourth-order valence-corrected chi connectivity index (χ4v) is 6.79. The minimum absolute atomic E-state index is 0.000676. The molecule has 0 aliphatic heterocycles. The summed E-state index contributed by atoms with van der Waals surface area (Å²) in [5.41, 5.74) is -0.846. The van der Waals surface area contributed by atoms with Gasteiger partial charge in [-0.1, -0.05) is 31.6 Å². The van der Waals surface area contributed by atoms with Crippen LogP contribution in [0.4, 0.5) is 0 Å². The number of aliphatic hydroxyl groups is 3. The largest absolute Gasteiger partial charge is 0.393 e. The average Bonchev–Trinajstić information content (AvgIpc) is 2.87. The van der Waals surface area contributed by atoms with Gasteiger partial charge in [0.25, 0.3) is 0 Å². The van der Waals surface area contributed by atoms with Crippen LogP contribution in [0, 0.1) is 28.6 Å². The molecule has 4 rings (SSSR count). The quantitative estimate of drug-likeness (QED) is 0.686. The lowest BCUT2D eigenvalue weighted by Crippen LogP contribution is -2.61. The van der Waals surface area contributed by atoms with E-state index < -0.39 is 34.9 Å². The van der Waals surface area contributed by atoms with Crippen molar-refractivity contribution in [2.45, 2.75) is 51.7 Å². The van der Waals surface area contributed by atoms with Crippen LogP contribution in [0.25, 0.3) is 0 Å². The van der Waals surface area contributed by atoms with Gasteiger partial charge in [0.15, 0.2) is 11.6 Å². The van der Waals surface area contributed by atoms with Crippen LogP contribution in [0.1, 0.15) is 40.0 Å². The second-order valence-corrected chi connectivity index (χ2v) is 9.30. The maximum absolute atomic E-state index is 12.4. The molecule has 1 unspecified atom stereocenters. The number of fused-ring (bicyclic) bond motifs is 5. The lowest BCUT2D eigenvalue weighted by Gasteiger charge is -2.58. The lowest BCUT2D eigenvalue weighted by atomic mass is 9.47. The van der Waals surface area contributed by atoms with Gasteiger partial charge in [-0.2, -0.15) is 0 Å². The van der Waals surface area contributed by atoms with Crippen LogP contribution in [0.5, 0.6) is 0 Å². The van der Waals surface area contributed by atoms with Gasteiger partial charge in [0.1, 0.15) is 12.2 Å². The van der Waals surface area contributed by atoms with E-state index in [1.54, 1.807) is 12.2 Å². The van der Waals surface area contributed by atoms with Crippen LogP contribution >= 0.6 is 0 Å². The van der Waals surface area contributed by atoms with Gasteiger partial charge in [-0.25, -0.2) is 0 Å². The molecule has 0 saturated heterocycles. The molecule has 0 amide bonds. The van der Waals surface area contributed by atoms with Crippen LogP contribution in [0.3, 0.4) is 0 Å². The summed E-state index contributed by atoms with van der Waals surface area (Å²) in [7, 11) is 0. The van der Waals surface area contributed by atoms with Crippen molar-refractivity contribution in [2.75, 3.05) is 6.61 Å². The second-order valence-electron chi connectivity index (χ2n) is 9.30. The molecule has 0 bridgehead atoms. The number of Topliss-reactive ketones (excluding diaryl/α,β-unsaturated/α-hetero) is 1. The van der Waals surface area contributed by atoms with Gasteiger partial charge in [-0.3, -0.25) is 9.59 Å². The molecular weight excluding hydrogens is 344 g/mol. The summed E-state index contributed by atoms with van der Waals surface area (Å²) >= 11 is 0. The van der Waals surface area contributed by atoms with Gasteiger partial charge in [0, 0.05) is 16.7 Å². The molecule has 7 atom stereocenters. The molecule has 2 saturated carbocycles. The number of allylic oxidation sites excluding steroid dienone is 6. The van der Waals surface area contributed by atoms with Crippen molar-refractivity contribution < 1.29 is 24.9 Å². The summed E-state index contributed by atoms with van der Waals surface area (Å²) in [5, 5.41) is 31.8. The summed E-state index contributed by atoms with van der Waals surface area (Å²) in [6.45, 7) is 5.26. The van der Waals surface area contributed by atoms with E-state index in [0.717, 1.165) is 11.1 Å². The Hall–Kier alpha value is -1.56. The molecule has 0 heterocycles. The summed E-state index contributed by atoms with van der Waals surface area (Å²) < 4.78 is 0. The lowest BCUT2D eigenvalue weighted by molar-refractivity contribution is -0.172. The van der Waals surface area contributed by atoms with Crippen molar-refractivity contribution in [3.63, 3.8) is 0 Å². The Labute approximate surface area is 159 Å². The van der Waals surface area contributed by atoms with E-state index in [-0.39, 0.29) is 23.5 Å². The molecule has 0 radical (unpaired) electrons. The number of carbonyl (C=O) groups is 2. The summed E-state index contributed by atoms with van der Waals surface area (Å²) in [6, 6.07) is 0. The van der Waals surface area contributed by atoms with E-state index in [4.69, 9.17) is 0 Å². The highest BCUT2D eigenvalue weighted by molar-refractivity contribution is 6.02. The highest BCUT2D eigenvalue weighted by atomic mass is 16.3. The third kappa shape index (κ3) is 2.22. The number of hydrogen-bond acceptors (Lipinski definition) is 5. The highest BCUT2D eigenvalue weighted by Gasteiger charge is 2.67. The molecule has 146 valence electrons. The Morgan fingerprint density at radius 3 is 2.70 bits per heavy atom. The summed E-state index contributed by atoms with van der Waals surface area (Å²) in [4.78, 5) is 24.3. The third-order valence-electron chi connectivity index (χ3n) is 8.13. The molecule has 0 aromatic rings. The van der Waals surface area contributed by atoms with Crippen LogP contribution < -0.4 is 0 Å². The molecule has 0 aromatic carbocycles. The Kier molecular flexibility index (Phi) is 3.98. The minimum atomic E-state index is -1.60. The topological polar surface area (TPSA) is 94.8 Å². The molecule has 5 nitrogen and oxygen atoms in total. The molecule has 4 aliphatic rings. The van der Waals surface area contributed by atoms with Crippen LogP contribution in [-0.4, -0.2) is 45.2 Å². The first-order valence-electron chi connectivity index (χ1n) is 9.77. The molecule has 27 heavy (non-hydrogen) atoms. The number of ketones is 2. The van der Waals surface area contributed by atoms with Gasteiger partial charge in [0.05, 0.1) is 6.10 Å². The fourth-order valence-electron chi connectivity index (χ4n) is 6.79. The minimum Gasteiger partial charge on any atom is -0.393 e. The van der Waals surface area contributed by atoms with E-state index >= 15 is 0 Å². The Balaban J connectivity index is 1.84. The van der Waals surface area contributed by atoms with Crippen LogP contribution in [-0.2, 0) is 9.59 Å². The molecule has 4 aliphatic carbocycles. The second kappa shape index (κ2) is 5.72. The van der Waals surface area contributed by atoms with E-state index in [9.17, 15) is 24.9 Å². The fraction of sp³-hybridized carbons (Fsp3) is 0.636. The Morgan fingerprint density at radius 2 is 2.04 bits per heavy atom. The van der Waals surface area contributed by atoms with E-state index in [0.29, 0.717) is 19.3 Å². The van der Waals surface area contributed by atoms with Crippen molar-refractivity contribution in [2.24, 2.45) is 28.6 Å². The van der Waals surface area contributed by atoms with Gasteiger partial charge in [-0.15, -0.1) is 0 Å². The van der Waals surface area contributed by atoms with Crippen molar-refractivity contribution in [3.8, 4) is 0 Å². The van der Waals surface area contributed by atoms with Gasteiger partial charge in [0.2, 0.25) is 0 Å². The highest BCUT2D eigenvalue weighted by Crippen LogP contribution is 2.66. The third-order valence-corrected chi connectivity index (χ3v) is 8.13. The Bertz CT molecular complexity index is 808. The Morgan fingerprint density at radius 1 is 1.33 bits per heavy atom. The normalized spacial score (nSPS) is 48.3. The van der Waals surface area contributed by atoms with Crippen molar-refractivity contribution >= 4 is 11.6 Å². The standard InChI is InChI=1S/C22H28O5/c1-12-8-14-15-5-7-22(27,18(26)11-23)21(15,3)10-17(25)19(14)20(2)6-4-13(24)9-16(12)20/h4,6,8-9,14-15,17,19,23,25,27H,5,7,10-11H2,1-3H3/t14-,15-,17?,19+,20-,21-,22-/m0/s1. The van der Waals surface area contributed by atoms with Crippen LogP contribution in [0.15, 0.2) is 35.5 Å². The van der Waals surface area contributed by atoms with E-state index in [1.165, 1.54) is 0 Å². The van der Waals surface area contributed by atoms with Gasteiger partial charge in [-0.05, 0) is 55.7 Å². The predicted molar refractivity (Wildman–Crippen MR) is 99.6 cm³/mol. The zero-order chi connectivity index (χ0) is 19.8. The van der Waals surface area contributed by atoms with E-state index in [2.05, 4.69) is 13.0 Å². The monoisotopic (exact) mass is 372 g/mol. The zero-order valence-corrected chi connectivity index (χ0v) is 16.1. The number of aliphatic hydroxyl groups excluding tert-OH is 2. The maximum atomic E-state index is 12.4. The average molecular weight is 372 g/mol. The predicted octanol–water partition coefficient (Wildman–Crippen LogP) is 1.72. The molecule has 3 N–H and O–H groups in total. The summed E-state index contributed by atoms with van der Waals surface area (Å²) in [5.74, 6) is -0.663. The van der Waals surface area contributed by atoms with Crippen molar-refractivity contribution in [3.05, 3.63) is 35.5 Å². The maximum Gasteiger partial charge on any atom is 0.190 e. The first-order valence-corrected chi connectivity index (χ1v) is 9.77. The zero-order valence-electron chi connectivity index (χ0n) is 16.1. The molecule has 2 fully saturated rings. The number of carbonyl (C=O) groups excluding carboxylic acids is 2. The summed E-state index contributed by atoms with van der Waals surface area (Å²) in [6.07, 6.45) is 7.87. The number of hydrogen-bond donors (Lipinski definition) is 3. The molecular formula is C22H28O5. The smallest absolute Gasteiger partial charge is 0.190 e. The number of rotatable bonds is 2. The van der Waals surface area contributed by atoms with Crippen molar-refractivity contribution in [1.82, 2.24) is 0 Å².